The summed E-state index contributed by atoms with van der Waals surface area (Å²) in [4.78, 5) is 20.2. The monoisotopic (exact) mass is 457 g/mol. The third-order valence-electron chi connectivity index (χ3n) is 5.13. The van der Waals surface area contributed by atoms with Crippen molar-refractivity contribution in [1.82, 2.24) is 9.88 Å². The standard InChI is InChI=1S/C20H16Cl2F3N3O2/c1-11-13-3-2-4-14(21)17(13)30-16(11)19(29)28-7-5-27(6-8-28)18-15(22)9-12(10-26-18)20(23,24)25/h2-4,9-10H,5-8H2,1H3. The summed E-state index contributed by atoms with van der Waals surface area (Å²) in [5.41, 5.74) is 0.288. The number of anilines is 1. The number of nitrogens with zero attached hydrogens (tertiary/aromatic N) is 3. The SMILES string of the molecule is Cc1c(C(=O)N2CCN(c3ncc(C(F)(F)F)cc3Cl)CC2)oc2c(Cl)cccc12. The number of benzene rings is 1. The Morgan fingerprint density at radius 3 is 2.43 bits per heavy atom. The number of pyridine rings is 1. The maximum atomic E-state index is 13.0. The topological polar surface area (TPSA) is 49.6 Å². The van der Waals surface area contributed by atoms with Gasteiger partial charge in [0, 0.05) is 43.3 Å². The van der Waals surface area contributed by atoms with Gasteiger partial charge >= 0.3 is 6.18 Å². The normalized spacial score (nSPS) is 15.1. The fourth-order valence-electron chi connectivity index (χ4n) is 3.50. The summed E-state index contributed by atoms with van der Waals surface area (Å²) >= 11 is 12.2. The van der Waals surface area contributed by atoms with Crippen molar-refractivity contribution in [3.63, 3.8) is 0 Å². The van der Waals surface area contributed by atoms with Crippen molar-refractivity contribution in [2.24, 2.45) is 0 Å². The molecule has 0 atom stereocenters. The number of aromatic nitrogens is 1. The van der Waals surface area contributed by atoms with Crippen LogP contribution in [-0.4, -0.2) is 42.0 Å². The number of para-hydroxylation sites is 1. The van der Waals surface area contributed by atoms with Crippen LogP contribution < -0.4 is 4.90 Å². The maximum absolute atomic E-state index is 13.0. The Labute approximate surface area is 180 Å². The van der Waals surface area contributed by atoms with Crippen LogP contribution in [0.1, 0.15) is 21.7 Å². The molecular formula is C20H16Cl2F3N3O2. The van der Waals surface area contributed by atoms with Gasteiger partial charge in [-0.25, -0.2) is 4.98 Å². The highest BCUT2D eigenvalue weighted by molar-refractivity contribution is 6.35. The number of fused-ring (bicyclic) bond motifs is 1. The average Bonchev–Trinajstić information content (AvgIpc) is 3.05. The smallest absolute Gasteiger partial charge is 0.417 e. The number of halogens is 5. The van der Waals surface area contributed by atoms with Gasteiger partial charge in [0.05, 0.1) is 15.6 Å². The summed E-state index contributed by atoms with van der Waals surface area (Å²) in [6, 6.07) is 6.19. The van der Waals surface area contributed by atoms with Crippen LogP contribution in [0.2, 0.25) is 10.0 Å². The number of furan rings is 1. The molecule has 3 heterocycles. The van der Waals surface area contributed by atoms with Crippen molar-refractivity contribution in [1.29, 1.82) is 0 Å². The Balaban J connectivity index is 1.49. The Hall–Kier alpha value is -2.45. The molecule has 1 amide bonds. The van der Waals surface area contributed by atoms with Gasteiger partial charge in [-0.15, -0.1) is 0 Å². The molecule has 0 aliphatic carbocycles. The number of amides is 1. The van der Waals surface area contributed by atoms with E-state index < -0.39 is 11.7 Å². The first-order chi connectivity index (χ1) is 14.2. The van der Waals surface area contributed by atoms with E-state index in [1.165, 1.54) is 0 Å². The number of hydrogen-bond donors (Lipinski definition) is 0. The predicted molar refractivity (Wildman–Crippen MR) is 108 cm³/mol. The summed E-state index contributed by atoms with van der Waals surface area (Å²) in [6.45, 7) is 3.26. The molecule has 1 aromatic carbocycles. The van der Waals surface area contributed by atoms with E-state index in [4.69, 9.17) is 27.6 Å². The molecule has 30 heavy (non-hydrogen) atoms. The number of carbonyl (C=O) groups excluding carboxylic acids is 1. The van der Waals surface area contributed by atoms with Crippen LogP contribution in [0.4, 0.5) is 19.0 Å². The summed E-state index contributed by atoms with van der Waals surface area (Å²) in [6.07, 6.45) is -3.74. The molecule has 1 aliphatic heterocycles. The molecule has 2 aromatic heterocycles. The highest BCUT2D eigenvalue weighted by Crippen LogP contribution is 2.34. The summed E-state index contributed by atoms with van der Waals surface area (Å²) in [5.74, 6) is 0.242. The largest absolute Gasteiger partial charge is 0.449 e. The van der Waals surface area contributed by atoms with Gasteiger partial charge < -0.3 is 14.2 Å². The van der Waals surface area contributed by atoms with E-state index in [0.29, 0.717) is 42.3 Å². The van der Waals surface area contributed by atoms with Crippen LogP contribution in [0.5, 0.6) is 0 Å². The minimum absolute atomic E-state index is 0.0765. The zero-order chi connectivity index (χ0) is 21.6. The van der Waals surface area contributed by atoms with E-state index in [9.17, 15) is 18.0 Å². The van der Waals surface area contributed by atoms with E-state index in [0.717, 1.165) is 17.6 Å². The van der Waals surface area contributed by atoms with Gasteiger partial charge in [0.1, 0.15) is 5.82 Å². The molecule has 158 valence electrons. The Morgan fingerprint density at radius 2 is 1.83 bits per heavy atom. The van der Waals surface area contributed by atoms with Gasteiger partial charge in [-0.2, -0.15) is 13.2 Å². The van der Waals surface area contributed by atoms with Gasteiger partial charge in [0.2, 0.25) is 0 Å². The molecule has 0 saturated carbocycles. The zero-order valence-electron chi connectivity index (χ0n) is 15.8. The molecule has 0 N–H and O–H groups in total. The number of rotatable bonds is 2. The summed E-state index contributed by atoms with van der Waals surface area (Å²) in [7, 11) is 0. The van der Waals surface area contributed by atoms with Gasteiger partial charge in [0.15, 0.2) is 11.3 Å². The molecule has 1 fully saturated rings. The lowest BCUT2D eigenvalue weighted by molar-refractivity contribution is -0.137. The van der Waals surface area contributed by atoms with Crippen molar-refractivity contribution in [2.75, 3.05) is 31.1 Å². The predicted octanol–water partition coefficient (Wildman–Crippen LogP) is 5.42. The molecule has 1 aliphatic rings. The van der Waals surface area contributed by atoms with Crippen molar-refractivity contribution in [3.05, 3.63) is 57.4 Å². The minimum Gasteiger partial charge on any atom is -0.449 e. The fourth-order valence-corrected chi connectivity index (χ4v) is 4.00. The maximum Gasteiger partial charge on any atom is 0.417 e. The second-order valence-electron chi connectivity index (χ2n) is 6.98. The van der Waals surface area contributed by atoms with Crippen molar-refractivity contribution in [2.45, 2.75) is 13.1 Å². The lowest BCUT2D eigenvalue weighted by Gasteiger charge is -2.35. The third kappa shape index (κ3) is 3.70. The fraction of sp³-hybridized carbons (Fsp3) is 0.300. The molecule has 0 bridgehead atoms. The lowest BCUT2D eigenvalue weighted by Crippen LogP contribution is -2.49. The zero-order valence-corrected chi connectivity index (χ0v) is 17.3. The highest BCUT2D eigenvalue weighted by atomic mass is 35.5. The van der Waals surface area contributed by atoms with Crippen LogP contribution in [0.3, 0.4) is 0 Å². The van der Waals surface area contributed by atoms with Crippen molar-refractivity contribution >= 4 is 45.9 Å². The van der Waals surface area contributed by atoms with Gasteiger partial charge in [-0.05, 0) is 19.1 Å². The molecular weight excluding hydrogens is 442 g/mol. The minimum atomic E-state index is -4.51. The quantitative estimate of drug-likeness (QED) is 0.515. The van der Waals surface area contributed by atoms with E-state index in [2.05, 4.69) is 4.98 Å². The van der Waals surface area contributed by atoms with Crippen LogP contribution in [-0.2, 0) is 6.18 Å². The van der Waals surface area contributed by atoms with Crippen LogP contribution in [0.15, 0.2) is 34.9 Å². The van der Waals surface area contributed by atoms with Crippen LogP contribution in [0, 0.1) is 6.92 Å². The van der Waals surface area contributed by atoms with E-state index in [-0.39, 0.29) is 22.5 Å². The lowest BCUT2D eigenvalue weighted by atomic mass is 10.1. The van der Waals surface area contributed by atoms with E-state index in [1.807, 2.05) is 6.07 Å². The third-order valence-corrected chi connectivity index (χ3v) is 5.70. The van der Waals surface area contributed by atoms with Gasteiger partial charge in [0.25, 0.3) is 5.91 Å². The molecule has 10 heteroatoms. The van der Waals surface area contributed by atoms with Crippen molar-refractivity contribution in [3.8, 4) is 0 Å². The molecule has 4 rings (SSSR count). The first-order valence-electron chi connectivity index (χ1n) is 9.11. The first kappa shape index (κ1) is 20.8. The van der Waals surface area contributed by atoms with Crippen LogP contribution in [0.25, 0.3) is 11.0 Å². The van der Waals surface area contributed by atoms with Crippen molar-refractivity contribution < 1.29 is 22.4 Å². The summed E-state index contributed by atoms with van der Waals surface area (Å²) in [5, 5.41) is 1.14. The molecule has 0 radical (unpaired) electrons. The number of carbonyl (C=O) groups is 1. The Kier molecular flexibility index (Phi) is 5.32. The number of piperazine rings is 1. The average molecular weight is 458 g/mol. The van der Waals surface area contributed by atoms with Crippen LogP contribution >= 0.6 is 23.2 Å². The van der Waals surface area contributed by atoms with Gasteiger partial charge in [-0.1, -0.05) is 35.3 Å². The second kappa shape index (κ2) is 7.67. The number of alkyl halides is 3. The van der Waals surface area contributed by atoms with E-state index >= 15 is 0 Å². The Bertz CT molecular complexity index is 1120. The van der Waals surface area contributed by atoms with E-state index in [1.54, 1.807) is 28.9 Å². The summed E-state index contributed by atoms with van der Waals surface area (Å²) < 4.78 is 44.2. The number of aryl methyl sites for hydroxylation is 1. The molecule has 0 spiro atoms. The Morgan fingerprint density at radius 1 is 1.13 bits per heavy atom. The van der Waals surface area contributed by atoms with Gasteiger partial charge in [-0.3, -0.25) is 4.79 Å². The molecule has 3 aromatic rings. The first-order valence-corrected chi connectivity index (χ1v) is 9.87. The molecule has 1 saturated heterocycles. The second-order valence-corrected chi connectivity index (χ2v) is 7.79. The molecule has 0 unspecified atom stereocenters. The molecule has 5 nitrogen and oxygen atoms in total. The highest BCUT2D eigenvalue weighted by Gasteiger charge is 2.33. The number of hydrogen-bond acceptors (Lipinski definition) is 4.